The summed E-state index contributed by atoms with van der Waals surface area (Å²) in [6, 6.07) is 0. The molecular weight excluding hydrogens is 183 g/mol. The summed E-state index contributed by atoms with van der Waals surface area (Å²) in [6.07, 6.45) is -4.21. The maximum atomic E-state index is 12.3. The number of nitrogens with zero attached hydrogens (tertiary/aromatic N) is 1. The van der Waals surface area contributed by atoms with Crippen LogP contribution in [-0.2, 0) is 4.79 Å². The zero-order valence-corrected chi connectivity index (χ0v) is 7.98. The monoisotopic (exact) mass is 197 g/mol. The van der Waals surface area contributed by atoms with Crippen LogP contribution in [0, 0.1) is 5.92 Å². The Bertz CT molecular complexity index is 177. The largest absolute Gasteiger partial charge is 0.400 e. The maximum absolute atomic E-state index is 12.3. The minimum absolute atomic E-state index is 0.138. The lowest BCUT2D eigenvalue weighted by Gasteiger charge is -2.22. The molecular formula is C8H14F3NO. The van der Waals surface area contributed by atoms with Crippen molar-refractivity contribution in [3.8, 4) is 0 Å². The molecule has 13 heavy (non-hydrogen) atoms. The Morgan fingerprint density at radius 3 is 2.08 bits per heavy atom. The molecule has 0 aromatic heterocycles. The smallest absolute Gasteiger partial charge is 0.348 e. The highest BCUT2D eigenvalue weighted by Crippen LogP contribution is 2.30. The van der Waals surface area contributed by atoms with Crippen LogP contribution in [-0.4, -0.2) is 31.1 Å². The topological polar surface area (TPSA) is 20.3 Å². The molecule has 0 heterocycles. The van der Waals surface area contributed by atoms with Gasteiger partial charge in [0.2, 0.25) is 5.91 Å². The molecule has 0 rings (SSSR count). The third kappa shape index (κ3) is 3.65. The minimum atomic E-state index is -4.42. The first kappa shape index (κ1) is 12.3. The van der Waals surface area contributed by atoms with Gasteiger partial charge in [-0.05, 0) is 6.42 Å². The van der Waals surface area contributed by atoms with Crippen molar-refractivity contribution >= 4 is 5.91 Å². The van der Waals surface area contributed by atoms with Crippen LogP contribution in [0.2, 0.25) is 0 Å². The van der Waals surface area contributed by atoms with E-state index in [1.165, 1.54) is 14.1 Å². The van der Waals surface area contributed by atoms with E-state index in [1.807, 2.05) is 0 Å². The van der Waals surface area contributed by atoms with E-state index < -0.39 is 18.0 Å². The molecule has 0 aromatic carbocycles. The summed E-state index contributed by atoms with van der Waals surface area (Å²) < 4.78 is 36.8. The molecule has 1 amide bonds. The fraction of sp³-hybridized carbons (Fsp3) is 0.875. The van der Waals surface area contributed by atoms with Gasteiger partial charge in [0.05, 0.1) is 0 Å². The summed E-state index contributed by atoms with van der Waals surface area (Å²) in [5.41, 5.74) is 0. The van der Waals surface area contributed by atoms with E-state index in [-0.39, 0.29) is 6.42 Å². The second-order valence-corrected chi connectivity index (χ2v) is 3.12. The first-order valence-electron chi connectivity index (χ1n) is 4.08. The van der Waals surface area contributed by atoms with Gasteiger partial charge in [0.25, 0.3) is 0 Å². The summed E-state index contributed by atoms with van der Waals surface area (Å²) in [4.78, 5) is 12.1. The molecule has 0 aliphatic rings. The second kappa shape index (κ2) is 4.48. The maximum Gasteiger partial charge on any atom is 0.400 e. The molecule has 0 aromatic rings. The molecule has 0 unspecified atom stereocenters. The van der Waals surface area contributed by atoms with E-state index in [0.29, 0.717) is 6.42 Å². The Labute approximate surface area is 75.7 Å². The first-order valence-corrected chi connectivity index (χ1v) is 4.08. The van der Waals surface area contributed by atoms with Crippen molar-refractivity contribution < 1.29 is 18.0 Å². The lowest BCUT2D eigenvalue weighted by atomic mass is 10.0. The molecule has 1 atom stereocenters. The van der Waals surface area contributed by atoms with Gasteiger partial charge in [-0.15, -0.1) is 0 Å². The van der Waals surface area contributed by atoms with Crippen molar-refractivity contribution in [2.75, 3.05) is 14.1 Å². The van der Waals surface area contributed by atoms with Crippen LogP contribution in [0.5, 0.6) is 0 Å². The van der Waals surface area contributed by atoms with Crippen molar-refractivity contribution in [1.29, 1.82) is 0 Å². The fourth-order valence-electron chi connectivity index (χ4n) is 1.03. The number of carbonyl (C=O) groups excluding carboxylic acids is 1. The van der Waals surface area contributed by atoms with E-state index >= 15 is 0 Å². The van der Waals surface area contributed by atoms with Gasteiger partial charge in [-0.1, -0.05) is 13.3 Å². The number of amides is 1. The highest BCUT2D eigenvalue weighted by molar-refractivity contribution is 5.79. The van der Waals surface area contributed by atoms with Gasteiger partial charge in [-0.3, -0.25) is 4.79 Å². The van der Waals surface area contributed by atoms with Crippen molar-refractivity contribution in [3.05, 3.63) is 0 Å². The lowest BCUT2D eigenvalue weighted by molar-refractivity contribution is -0.189. The van der Waals surface area contributed by atoms with Crippen LogP contribution >= 0.6 is 0 Å². The highest BCUT2D eigenvalue weighted by atomic mass is 19.4. The van der Waals surface area contributed by atoms with Crippen LogP contribution in [0.15, 0.2) is 0 Å². The van der Waals surface area contributed by atoms with Gasteiger partial charge < -0.3 is 4.90 Å². The molecule has 0 saturated carbocycles. The molecule has 0 spiro atoms. The molecule has 0 aliphatic carbocycles. The summed E-state index contributed by atoms with van der Waals surface area (Å²) >= 11 is 0. The zero-order chi connectivity index (χ0) is 10.6. The standard InChI is InChI=1S/C8H14F3NO/c1-4-5-6(8(9,10)11)7(13)12(2)3/h6H,4-5H2,1-3H3/t6-/m0/s1. The summed E-state index contributed by atoms with van der Waals surface area (Å²) in [7, 11) is 2.66. The van der Waals surface area contributed by atoms with E-state index in [9.17, 15) is 18.0 Å². The number of alkyl halides is 3. The Hall–Kier alpha value is -0.740. The summed E-state index contributed by atoms with van der Waals surface area (Å²) in [5.74, 6) is -2.71. The van der Waals surface area contributed by atoms with Gasteiger partial charge >= 0.3 is 6.18 Å². The van der Waals surface area contributed by atoms with Crippen molar-refractivity contribution in [3.63, 3.8) is 0 Å². The Kier molecular flexibility index (Phi) is 4.23. The third-order valence-corrected chi connectivity index (χ3v) is 1.71. The highest BCUT2D eigenvalue weighted by Gasteiger charge is 2.44. The average Bonchev–Trinajstić information content (AvgIpc) is 1.96. The number of hydrogen-bond donors (Lipinski definition) is 0. The Balaban J connectivity index is 4.52. The normalized spacial score (nSPS) is 14.0. The summed E-state index contributed by atoms with van der Waals surface area (Å²) in [5, 5.41) is 0. The lowest BCUT2D eigenvalue weighted by Crippen LogP contribution is -2.38. The Morgan fingerprint density at radius 1 is 1.38 bits per heavy atom. The van der Waals surface area contributed by atoms with Gasteiger partial charge in [-0.2, -0.15) is 13.2 Å². The zero-order valence-electron chi connectivity index (χ0n) is 7.98. The average molecular weight is 197 g/mol. The molecule has 5 heteroatoms. The molecule has 0 N–H and O–H groups in total. The predicted molar refractivity (Wildman–Crippen MR) is 43.1 cm³/mol. The number of halogens is 3. The number of hydrogen-bond acceptors (Lipinski definition) is 1. The van der Waals surface area contributed by atoms with E-state index in [2.05, 4.69) is 0 Å². The van der Waals surface area contributed by atoms with Crippen LogP contribution in [0.1, 0.15) is 19.8 Å². The van der Waals surface area contributed by atoms with Gasteiger partial charge in [0, 0.05) is 14.1 Å². The summed E-state index contributed by atoms with van der Waals surface area (Å²) in [6.45, 7) is 1.63. The van der Waals surface area contributed by atoms with Crippen LogP contribution < -0.4 is 0 Å². The van der Waals surface area contributed by atoms with Crippen molar-refractivity contribution in [2.45, 2.75) is 25.9 Å². The predicted octanol–water partition coefficient (Wildman–Crippen LogP) is 2.05. The van der Waals surface area contributed by atoms with Gasteiger partial charge in [-0.25, -0.2) is 0 Å². The van der Waals surface area contributed by atoms with E-state index in [0.717, 1.165) is 4.90 Å². The quantitative estimate of drug-likeness (QED) is 0.678. The number of carbonyl (C=O) groups is 1. The molecule has 78 valence electrons. The molecule has 0 saturated heterocycles. The second-order valence-electron chi connectivity index (χ2n) is 3.12. The van der Waals surface area contributed by atoms with E-state index in [1.54, 1.807) is 6.92 Å². The molecule has 0 aliphatic heterocycles. The number of rotatable bonds is 3. The molecule has 0 radical (unpaired) electrons. The molecule has 2 nitrogen and oxygen atoms in total. The molecule has 0 fully saturated rings. The van der Waals surface area contributed by atoms with Crippen LogP contribution in [0.4, 0.5) is 13.2 Å². The first-order chi connectivity index (χ1) is 5.80. The van der Waals surface area contributed by atoms with Gasteiger partial charge in [0.1, 0.15) is 5.92 Å². The van der Waals surface area contributed by atoms with Crippen LogP contribution in [0.3, 0.4) is 0 Å². The van der Waals surface area contributed by atoms with Crippen molar-refractivity contribution in [2.24, 2.45) is 5.92 Å². The van der Waals surface area contributed by atoms with E-state index in [4.69, 9.17) is 0 Å². The SMILES string of the molecule is CCC[C@@H](C(=O)N(C)C)C(F)(F)F. The molecule has 0 bridgehead atoms. The van der Waals surface area contributed by atoms with Crippen LogP contribution in [0.25, 0.3) is 0 Å². The minimum Gasteiger partial charge on any atom is -0.348 e. The Morgan fingerprint density at radius 2 is 1.85 bits per heavy atom. The third-order valence-electron chi connectivity index (χ3n) is 1.71. The van der Waals surface area contributed by atoms with Gasteiger partial charge in [0.15, 0.2) is 0 Å². The fourth-order valence-corrected chi connectivity index (χ4v) is 1.03. The van der Waals surface area contributed by atoms with Crippen molar-refractivity contribution in [1.82, 2.24) is 4.90 Å².